The molecule has 5 rings (SSSR count). The number of hydrogen-bond acceptors (Lipinski definition) is 4. The number of piperazine rings is 1. The first-order valence-electron chi connectivity index (χ1n) is 10.3. The van der Waals surface area contributed by atoms with Gasteiger partial charge < -0.3 is 24.9 Å². The number of nitrogens with zero attached hydrogens (tertiary/aromatic N) is 2. The Morgan fingerprint density at radius 3 is 2.59 bits per heavy atom. The molecule has 1 aromatic heterocycles. The first-order chi connectivity index (χ1) is 14.0. The van der Waals surface area contributed by atoms with Gasteiger partial charge in [0, 0.05) is 37.1 Å². The molecule has 1 aliphatic carbocycles. The molecule has 1 saturated carbocycles. The molecule has 2 N–H and O–H groups in total. The molecule has 1 saturated heterocycles. The Kier molecular flexibility index (Phi) is 4.47. The Bertz CT molecular complexity index is 987. The highest BCUT2D eigenvalue weighted by atomic mass is 35.5. The molecule has 29 heavy (non-hydrogen) atoms. The van der Waals surface area contributed by atoms with Crippen LogP contribution in [0.3, 0.4) is 0 Å². The summed E-state index contributed by atoms with van der Waals surface area (Å²) < 4.78 is 6.17. The number of carbonyl (C=O) groups is 2. The molecule has 1 spiro atoms. The van der Waals surface area contributed by atoms with Crippen molar-refractivity contribution in [3.8, 4) is 0 Å². The van der Waals surface area contributed by atoms with Crippen molar-refractivity contribution >= 4 is 40.2 Å². The van der Waals surface area contributed by atoms with Crippen molar-refractivity contribution in [2.45, 2.75) is 37.6 Å². The van der Waals surface area contributed by atoms with Crippen LogP contribution in [0.1, 0.15) is 48.2 Å². The molecule has 0 unspecified atom stereocenters. The molecule has 0 atom stereocenters. The molecule has 7 nitrogen and oxygen atoms in total. The van der Waals surface area contributed by atoms with Crippen LogP contribution in [-0.4, -0.2) is 55.0 Å². The predicted octanol–water partition coefficient (Wildman–Crippen LogP) is 3.77. The van der Waals surface area contributed by atoms with E-state index in [2.05, 4.69) is 22.6 Å². The van der Waals surface area contributed by atoms with Gasteiger partial charge in [0.25, 0.3) is 5.91 Å². The molecular weight excluding hydrogens is 392 g/mol. The normalized spacial score (nSPS) is 21.7. The topological polar surface area (TPSA) is 77.8 Å². The quantitative estimate of drug-likeness (QED) is 0.741. The average Bonchev–Trinajstić information content (AvgIpc) is 3.12. The molecule has 2 aliphatic heterocycles. The highest BCUT2D eigenvalue weighted by Crippen LogP contribution is 2.49. The van der Waals surface area contributed by atoms with E-state index in [9.17, 15) is 9.59 Å². The summed E-state index contributed by atoms with van der Waals surface area (Å²) in [6, 6.07) is 3.33. The maximum absolute atomic E-state index is 13.0. The minimum absolute atomic E-state index is 0.0929. The van der Waals surface area contributed by atoms with Crippen LogP contribution in [0.15, 0.2) is 16.5 Å². The molecule has 8 heteroatoms. The van der Waals surface area contributed by atoms with Gasteiger partial charge in [-0.3, -0.25) is 4.79 Å². The zero-order valence-corrected chi connectivity index (χ0v) is 17.3. The highest BCUT2D eigenvalue weighted by molar-refractivity contribution is 6.35. The first kappa shape index (κ1) is 18.8. The number of likely N-dealkylation sites (N-methyl/N-ethyl adjacent to an activating group) is 1. The molecule has 2 fully saturated rings. The van der Waals surface area contributed by atoms with Gasteiger partial charge in [-0.1, -0.05) is 30.9 Å². The van der Waals surface area contributed by atoms with Gasteiger partial charge in [-0.25, -0.2) is 4.79 Å². The van der Waals surface area contributed by atoms with Crippen LogP contribution in [0, 0.1) is 0 Å². The third-order valence-corrected chi connectivity index (χ3v) is 6.84. The van der Waals surface area contributed by atoms with E-state index in [0.29, 0.717) is 35.1 Å². The van der Waals surface area contributed by atoms with Gasteiger partial charge in [0.2, 0.25) is 0 Å². The van der Waals surface area contributed by atoms with Crippen molar-refractivity contribution in [3.63, 3.8) is 0 Å². The molecule has 2 aromatic rings. The number of anilines is 1. The van der Waals surface area contributed by atoms with Crippen LogP contribution < -0.4 is 10.6 Å². The summed E-state index contributed by atoms with van der Waals surface area (Å²) in [7, 11) is 2.06. The van der Waals surface area contributed by atoms with Gasteiger partial charge >= 0.3 is 6.03 Å². The van der Waals surface area contributed by atoms with Crippen LogP contribution in [-0.2, 0) is 5.54 Å². The monoisotopic (exact) mass is 416 g/mol. The zero-order valence-electron chi connectivity index (χ0n) is 16.5. The number of carbonyl (C=O) groups excluding carboxylic acids is 2. The minimum Gasteiger partial charge on any atom is -0.450 e. The third-order valence-electron chi connectivity index (χ3n) is 6.54. The Labute approximate surface area is 174 Å². The van der Waals surface area contributed by atoms with E-state index in [1.807, 2.05) is 4.90 Å². The maximum atomic E-state index is 13.0. The van der Waals surface area contributed by atoms with Crippen LogP contribution in [0.2, 0.25) is 5.02 Å². The Hall–Kier alpha value is -2.25. The van der Waals surface area contributed by atoms with Gasteiger partial charge in [-0.2, -0.15) is 0 Å². The molecule has 3 heterocycles. The fourth-order valence-electron chi connectivity index (χ4n) is 4.95. The van der Waals surface area contributed by atoms with Crippen molar-refractivity contribution in [2.24, 2.45) is 0 Å². The maximum Gasteiger partial charge on any atom is 0.319 e. The first-order valence-corrected chi connectivity index (χ1v) is 10.7. The Morgan fingerprint density at radius 1 is 1.14 bits per heavy atom. The molecule has 0 radical (unpaired) electrons. The largest absolute Gasteiger partial charge is 0.450 e. The summed E-state index contributed by atoms with van der Waals surface area (Å²) in [5, 5.41) is 7.28. The summed E-state index contributed by atoms with van der Waals surface area (Å²) in [6.45, 7) is 3.08. The van der Waals surface area contributed by atoms with Crippen LogP contribution in [0.25, 0.3) is 11.0 Å². The summed E-state index contributed by atoms with van der Waals surface area (Å²) >= 11 is 6.56. The van der Waals surface area contributed by atoms with E-state index in [-0.39, 0.29) is 11.9 Å². The molecule has 3 amide bonds. The number of urea groups is 1. The van der Waals surface area contributed by atoms with Crippen LogP contribution >= 0.6 is 11.6 Å². The SMILES string of the molecule is CN1CCN(C(=O)c2cc3cc(Cl)c4c(c3o2)C2(CCCCC2)NC(=O)N4)CC1. The number of amides is 3. The number of halogens is 1. The second-order valence-corrected chi connectivity index (χ2v) is 8.86. The summed E-state index contributed by atoms with van der Waals surface area (Å²) in [4.78, 5) is 29.4. The smallest absolute Gasteiger partial charge is 0.319 e. The Morgan fingerprint density at radius 2 is 1.86 bits per heavy atom. The van der Waals surface area contributed by atoms with Crippen molar-refractivity contribution in [2.75, 3.05) is 38.5 Å². The van der Waals surface area contributed by atoms with Crippen molar-refractivity contribution < 1.29 is 14.0 Å². The lowest BCUT2D eigenvalue weighted by molar-refractivity contribution is 0.0634. The lowest BCUT2D eigenvalue weighted by Crippen LogP contribution is -2.52. The predicted molar refractivity (Wildman–Crippen MR) is 112 cm³/mol. The summed E-state index contributed by atoms with van der Waals surface area (Å²) in [6.07, 6.45) is 4.88. The van der Waals surface area contributed by atoms with Gasteiger partial charge in [-0.15, -0.1) is 0 Å². The molecule has 154 valence electrons. The van der Waals surface area contributed by atoms with Gasteiger partial charge in [0.1, 0.15) is 5.58 Å². The number of fused-ring (bicyclic) bond motifs is 4. The van der Waals surface area contributed by atoms with E-state index in [0.717, 1.165) is 56.1 Å². The fraction of sp³-hybridized carbons (Fsp3) is 0.524. The molecule has 3 aliphatic rings. The number of furan rings is 1. The second kappa shape index (κ2) is 6.92. The number of hydrogen-bond donors (Lipinski definition) is 2. The van der Waals surface area contributed by atoms with E-state index in [1.165, 1.54) is 0 Å². The molecule has 0 bridgehead atoms. The number of nitrogens with one attached hydrogen (secondary N) is 2. The average molecular weight is 417 g/mol. The Balaban J connectivity index is 1.61. The zero-order chi connectivity index (χ0) is 20.2. The van der Waals surface area contributed by atoms with Crippen molar-refractivity contribution in [1.29, 1.82) is 0 Å². The summed E-state index contributed by atoms with van der Waals surface area (Å²) in [5.74, 6) is 0.238. The van der Waals surface area contributed by atoms with E-state index in [4.69, 9.17) is 16.0 Å². The van der Waals surface area contributed by atoms with Gasteiger partial charge in [-0.05, 0) is 32.0 Å². The van der Waals surface area contributed by atoms with E-state index in [1.54, 1.807) is 12.1 Å². The minimum atomic E-state index is -0.495. The standard InChI is InChI=1S/C21H25ClN4O3/c1-25-7-9-26(10-8-25)19(27)15-12-13-11-14(22)17-16(18(13)29-15)21(24-20(28)23-17)5-3-2-4-6-21/h11-12H,2-10H2,1H3,(H2,23,24,28). The van der Waals surface area contributed by atoms with Gasteiger partial charge in [0.05, 0.1) is 16.2 Å². The van der Waals surface area contributed by atoms with Crippen LogP contribution in [0.4, 0.5) is 10.5 Å². The van der Waals surface area contributed by atoms with Gasteiger partial charge in [0.15, 0.2) is 5.76 Å². The summed E-state index contributed by atoms with van der Waals surface area (Å²) in [5.41, 5.74) is 1.65. The fourth-order valence-corrected chi connectivity index (χ4v) is 5.21. The second-order valence-electron chi connectivity index (χ2n) is 8.45. The molecular formula is C21H25ClN4O3. The van der Waals surface area contributed by atoms with E-state index < -0.39 is 5.54 Å². The van der Waals surface area contributed by atoms with Crippen molar-refractivity contribution in [1.82, 2.24) is 15.1 Å². The van der Waals surface area contributed by atoms with Crippen LogP contribution in [0.5, 0.6) is 0 Å². The third kappa shape index (κ3) is 3.07. The van der Waals surface area contributed by atoms with Crippen molar-refractivity contribution in [3.05, 3.63) is 28.5 Å². The van der Waals surface area contributed by atoms with E-state index >= 15 is 0 Å². The number of benzene rings is 1. The molecule has 1 aromatic carbocycles. The lowest BCUT2D eigenvalue weighted by atomic mass is 9.74. The lowest BCUT2D eigenvalue weighted by Gasteiger charge is -2.42. The number of rotatable bonds is 1. The highest BCUT2D eigenvalue weighted by Gasteiger charge is 2.44.